The Labute approximate surface area is 214 Å². The van der Waals surface area contributed by atoms with Gasteiger partial charge in [-0.25, -0.2) is 0 Å². The van der Waals surface area contributed by atoms with Gasteiger partial charge in [0.05, 0.1) is 37.8 Å². The zero-order valence-corrected chi connectivity index (χ0v) is 21.8. The summed E-state index contributed by atoms with van der Waals surface area (Å²) in [7, 11) is 0. The van der Waals surface area contributed by atoms with Crippen molar-refractivity contribution in [1.82, 2.24) is 0 Å². The van der Waals surface area contributed by atoms with Gasteiger partial charge in [-0.2, -0.15) is 10.2 Å². The molecule has 0 heterocycles. The van der Waals surface area contributed by atoms with E-state index in [9.17, 15) is 9.59 Å². The van der Waals surface area contributed by atoms with Crippen molar-refractivity contribution in [1.29, 1.82) is 0 Å². The second kappa shape index (κ2) is 13.7. The predicted octanol–water partition coefficient (Wildman–Crippen LogP) is 6.27. The number of hydrogen-bond acceptors (Lipinski definition) is 8. The van der Waals surface area contributed by atoms with Crippen molar-refractivity contribution in [2.45, 2.75) is 40.7 Å². The number of halogens is 2. The van der Waals surface area contributed by atoms with E-state index in [1.807, 2.05) is 20.8 Å². The Bertz CT molecular complexity index is 1050. The van der Waals surface area contributed by atoms with Crippen molar-refractivity contribution >= 4 is 46.3 Å². The molecule has 1 N–H and O–H groups in total. The summed E-state index contributed by atoms with van der Waals surface area (Å²) in [5.74, 6) is 0.137. The molecular formula is C24H29Cl2N3O6. The Morgan fingerprint density at radius 1 is 0.857 bits per heavy atom. The second-order valence-electron chi connectivity index (χ2n) is 6.99. The number of hydrogen-bond donors (Lipinski definition) is 1. The van der Waals surface area contributed by atoms with Gasteiger partial charge in [-0.05, 0) is 40.7 Å². The maximum atomic E-state index is 13.0. The third kappa shape index (κ3) is 7.73. The number of anilines is 1. The first-order valence-electron chi connectivity index (χ1n) is 11.2. The van der Waals surface area contributed by atoms with Crippen LogP contribution in [0.25, 0.3) is 0 Å². The molecule has 0 fully saturated rings. The van der Waals surface area contributed by atoms with Gasteiger partial charge in [-0.3, -0.25) is 9.59 Å². The van der Waals surface area contributed by atoms with Crippen molar-refractivity contribution in [3.8, 4) is 23.0 Å². The van der Waals surface area contributed by atoms with Crippen LogP contribution in [0.15, 0.2) is 34.5 Å². The quantitative estimate of drug-likeness (QED) is 0.244. The molecule has 0 aliphatic rings. The van der Waals surface area contributed by atoms with Gasteiger partial charge in [0.2, 0.25) is 6.04 Å². The summed E-state index contributed by atoms with van der Waals surface area (Å²) in [6.45, 7) is 9.90. The van der Waals surface area contributed by atoms with E-state index >= 15 is 0 Å². The maximum absolute atomic E-state index is 13.0. The van der Waals surface area contributed by atoms with Crippen molar-refractivity contribution in [3.05, 3.63) is 34.3 Å². The minimum absolute atomic E-state index is 0.248. The summed E-state index contributed by atoms with van der Waals surface area (Å²) in [6, 6.07) is 4.75. The molecular weight excluding hydrogens is 497 g/mol. The fraction of sp³-hybridized carbons (Fsp3) is 0.417. The van der Waals surface area contributed by atoms with Crippen molar-refractivity contribution < 1.29 is 28.5 Å². The molecule has 35 heavy (non-hydrogen) atoms. The van der Waals surface area contributed by atoms with Crippen LogP contribution in [0.5, 0.6) is 23.0 Å². The molecule has 0 radical (unpaired) electrons. The highest BCUT2D eigenvalue weighted by Gasteiger charge is 2.26. The molecule has 9 nitrogen and oxygen atoms in total. The summed E-state index contributed by atoms with van der Waals surface area (Å²) in [4.78, 5) is 25.3. The number of ketones is 1. The third-order valence-electron chi connectivity index (χ3n) is 4.38. The zero-order valence-electron chi connectivity index (χ0n) is 20.3. The highest BCUT2D eigenvalue weighted by atomic mass is 35.5. The fourth-order valence-corrected chi connectivity index (χ4v) is 3.42. The first-order valence-corrected chi connectivity index (χ1v) is 11.9. The number of rotatable bonds is 13. The molecule has 1 unspecified atom stereocenters. The van der Waals surface area contributed by atoms with E-state index in [2.05, 4.69) is 15.5 Å². The minimum Gasteiger partial charge on any atom is -0.492 e. The summed E-state index contributed by atoms with van der Waals surface area (Å²) in [5.41, 5.74) is 0.551. The van der Waals surface area contributed by atoms with Gasteiger partial charge in [0.25, 0.3) is 5.91 Å². The molecule has 0 aliphatic carbocycles. The lowest BCUT2D eigenvalue weighted by molar-refractivity contribution is -0.126. The molecule has 0 saturated carbocycles. The van der Waals surface area contributed by atoms with Gasteiger partial charge in [0, 0.05) is 23.2 Å². The van der Waals surface area contributed by atoms with Crippen LogP contribution in [0.4, 0.5) is 11.4 Å². The van der Waals surface area contributed by atoms with Crippen LogP contribution >= 0.6 is 23.2 Å². The summed E-state index contributed by atoms with van der Waals surface area (Å²) in [5, 5.41) is 11.3. The maximum Gasteiger partial charge on any atom is 0.258 e. The minimum atomic E-state index is -1.43. The van der Waals surface area contributed by atoms with E-state index in [4.69, 9.17) is 42.1 Å². The standard InChI is InChI=1S/C24H29Cl2N3O6/c1-6-32-18-12-16(13-19(21(18)26)33-7-2)28-29-22(14(5)30)24(31)27-17-10-15(25)11-20(34-8-3)23(17)35-9-4/h10-13,22H,6-9H2,1-5H3,(H,27,31). The Morgan fingerprint density at radius 2 is 1.40 bits per heavy atom. The Hall–Kier alpha value is -3.04. The third-order valence-corrected chi connectivity index (χ3v) is 4.97. The van der Waals surface area contributed by atoms with E-state index in [0.717, 1.165) is 0 Å². The van der Waals surface area contributed by atoms with Gasteiger partial charge in [0.15, 0.2) is 17.3 Å². The van der Waals surface area contributed by atoms with Crippen LogP contribution in [0, 0.1) is 0 Å². The number of Topliss-reactive ketones (excluding diaryl/α,β-unsaturated/α-hetero) is 1. The molecule has 1 amide bonds. The molecule has 0 bridgehead atoms. The second-order valence-corrected chi connectivity index (χ2v) is 7.80. The molecule has 0 aliphatic heterocycles. The Kier molecular flexibility index (Phi) is 11.1. The van der Waals surface area contributed by atoms with E-state index < -0.39 is 17.7 Å². The average molecular weight is 526 g/mol. The smallest absolute Gasteiger partial charge is 0.258 e. The van der Waals surface area contributed by atoms with Crippen LogP contribution < -0.4 is 24.3 Å². The van der Waals surface area contributed by atoms with Crippen LogP contribution in [-0.2, 0) is 9.59 Å². The van der Waals surface area contributed by atoms with Crippen molar-refractivity contribution in [2.75, 3.05) is 31.7 Å². The zero-order chi connectivity index (χ0) is 26.0. The highest BCUT2D eigenvalue weighted by Crippen LogP contribution is 2.40. The SMILES string of the molecule is CCOc1cc(N=NC(C(C)=O)C(=O)Nc2cc(Cl)cc(OCC)c2OCC)cc(OCC)c1Cl. The number of ether oxygens (including phenoxy) is 4. The molecule has 0 aromatic heterocycles. The van der Waals surface area contributed by atoms with Crippen LogP contribution in [0.2, 0.25) is 10.0 Å². The summed E-state index contributed by atoms with van der Waals surface area (Å²) < 4.78 is 22.3. The molecule has 2 aromatic carbocycles. The summed E-state index contributed by atoms with van der Waals surface area (Å²) >= 11 is 12.5. The van der Waals surface area contributed by atoms with E-state index in [1.165, 1.54) is 13.0 Å². The normalized spacial score (nSPS) is 11.7. The molecule has 1 atom stereocenters. The molecule has 0 spiro atoms. The fourth-order valence-electron chi connectivity index (χ4n) is 3.00. The van der Waals surface area contributed by atoms with Crippen LogP contribution in [-0.4, -0.2) is 44.2 Å². The monoisotopic (exact) mass is 525 g/mol. The topological polar surface area (TPSA) is 108 Å². The lowest BCUT2D eigenvalue weighted by Crippen LogP contribution is -2.32. The van der Waals surface area contributed by atoms with Crippen molar-refractivity contribution in [2.24, 2.45) is 10.2 Å². The average Bonchev–Trinajstić information content (AvgIpc) is 2.79. The number of nitrogens with one attached hydrogen (secondary N) is 1. The van der Waals surface area contributed by atoms with E-state index in [0.29, 0.717) is 65.2 Å². The predicted molar refractivity (Wildman–Crippen MR) is 135 cm³/mol. The van der Waals surface area contributed by atoms with Gasteiger partial charge >= 0.3 is 0 Å². The van der Waals surface area contributed by atoms with Crippen LogP contribution in [0.1, 0.15) is 34.6 Å². The first kappa shape index (κ1) is 28.2. The lowest BCUT2D eigenvalue weighted by Gasteiger charge is -2.17. The van der Waals surface area contributed by atoms with E-state index in [1.54, 1.807) is 25.1 Å². The molecule has 11 heteroatoms. The summed E-state index contributed by atoms with van der Waals surface area (Å²) in [6.07, 6.45) is 0. The largest absolute Gasteiger partial charge is 0.492 e. The molecule has 0 saturated heterocycles. The molecule has 190 valence electrons. The lowest BCUT2D eigenvalue weighted by atomic mass is 10.2. The number of benzene rings is 2. The van der Waals surface area contributed by atoms with Gasteiger partial charge in [-0.15, -0.1) is 0 Å². The number of amides is 1. The Balaban J connectivity index is 2.38. The highest BCUT2D eigenvalue weighted by molar-refractivity contribution is 6.33. The van der Waals surface area contributed by atoms with Gasteiger partial charge in [0.1, 0.15) is 16.5 Å². The number of nitrogens with zero attached hydrogens (tertiary/aromatic N) is 2. The van der Waals surface area contributed by atoms with E-state index in [-0.39, 0.29) is 5.69 Å². The molecule has 2 aromatic rings. The Morgan fingerprint density at radius 3 is 1.91 bits per heavy atom. The number of azo groups is 1. The van der Waals surface area contributed by atoms with Crippen LogP contribution in [0.3, 0.4) is 0 Å². The van der Waals surface area contributed by atoms with Crippen molar-refractivity contribution in [3.63, 3.8) is 0 Å². The molecule has 2 rings (SSSR count). The van der Waals surface area contributed by atoms with Gasteiger partial charge < -0.3 is 24.3 Å². The number of carbonyl (C=O) groups excluding carboxylic acids is 2. The number of carbonyl (C=O) groups is 2. The van der Waals surface area contributed by atoms with Gasteiger partial charge in [-0.1, -0.05) is 23.2 Å². The first-order chi connectivity index (χ1) is 16.7.